The van der Waals surface area contributed by atoms with Crippen LogP contribution in [0.5, 0.6) is 0 Å². The van der Waals surface area contributed by atoms with E-state index in [2.05, 4.69) is 0 Å². The standard InChI is InChI=1S/C15H18N2O2S2/c1-11-7-8-20-15(11)21(18,19)17-9-13(14(16)10-17)12-5-3-2-4-6-12/h2-8,13-14H,9-10,16H2,1H3/t13-,14+/m0/s1. The van der Waals surface area contributed by atoms with Gasteiger partial charge < -0.3 is 5.73 Å². The van der Waals surface area contributed by atoms with Crippen molar-refractivity contribution in [2.24, 2.45) is 5.73 Å². The van der Waals surface area contributed by atoms with Crippen LogP contribution < -0.4 is 5.73 Å². The van der Waals surface area contributed by atoms with Gasteiger partial charge in [0.25, 0.3) is 10.0 Å². The monoisotopic (exact) mass is 322 g/mol. The molecule has 1 aliphatic rings. The second kappa shape index (κ2) is 5.53. The average Bonchev–Trinajstić information content (AvgIpc) is 3.06. The minimum atomic E-state index is -3.43. The third-order valence-corrected chi connectivity index (χ3v) is 7.45. The molecule has 1 aromatic heterocycles. The van der Waals surface area contributed by atoms with Gasteiger partial charge in [-0.25, -0.2) is 8.42 Å². The molecule has 0 saturated carbocycles. The highest BCUT2D eigenvalue weighted by Crippen LogP contribution is 2.33. The molecular formula is C15H18N2O2S2. The van der Waals surface area contributed by atoms with Crippen LogP contribution in [-0.4, -0.2) is 31.9 Å². The largest absolute Gasteiger partial charge is 0.326 e. The summed E-state index contributed by atoms with van der Waals surface area (Å²) >= 11 is 1.27. The third-order valence-electron chi connectivity index (χ3n) is 3.95. The normalized spacial score (nSPS) is 23.5. The predicted molar refractivity (Wildman–Crippen MR) is 85.0 cm³/mol. The molecule has 6 heteroatoms. The van der Waals surface area contributed by atoms with E-state index in [-0.39, 0.29) is 12.0 Å². The Bertz CT molecular complexity index is 725. The van der Waals surface area contributed by atoms with Gasteiger partial charge in [-0.2, -0.15) is 4.31 Å². The molecule has 1 saturated heterocycles. The molecule has 0 radical (unpaired) electrons. The molecule has 1 aliphatic heterocycles. The van der Waals surface area contributed by atoms with E-state index in [9.17, 15) is 8.42 Å². The van der Waals surface area contributed by atoms with E-state index >= 15 is 0 Å². The van der Waals surface area contributed by atoms with Crippen molar-refractivity contribution in [3.63, 3.8) is 0 Å². The quantitative estimate of drug-likeness (QED) is 0.942. The molecule has 4 nitrogen and oxygen atoms in total. The lowest BCUT2D eigenvalue weighted by atomic mass is 9.95. The summed E-state index contributed by atoms with van der Waals surface area (Å²) in [6.45, 7) is 2.65. The summed E-state index contributed by atoms with van der Waals surface area (Å²) in [5.74, 6) is 0.0567. The van der Waals surface area contributed by atoms with Crippen molar-refractivity contribution in [1.29, 1.82) is 0 Å². The number of hydrogen-bond donors (Lipinski definition) is 1. The second-order valence-electron chi connectivity index (χ2n) is 5.39. The summed E-state index contributed by atoms with van der Waals surface area (Å²) < 4.78 is 27.4. The first-order valence-electron chi connectivity index (χ1n) is 6.85. The highest BCUT2D eigenvalue weighted by Gasteiger charge is 2.39. The van der Waals surface area contributed by atoms with Crippen molar-refractivity contribution >= 4 is 21.4 Å². The first kappa shape index (κ1) is 14.7. The van der Waals surface area contributed by atoms with Gasteiger partial charge in [0.05, 0.1) is 0 Å². The Morgan fingerprint density at radius 2 is 1.90 bits per heavy atom. The molecule has 0 bridgehead atoms. The summed E-state index contributed by atoms with van der Waals surface area (Å²) in [6.07, 6.45) is 0. The Balaban J connectivity index is 1.88. The molecule has 1 fully saturated rings. The number of sulfonamides is 1. The van der Waals surface area contributed by atoms with E-state index in [0.29, 0.717) is 17.3 Å². The summed E-state index contributed by atoms with van der Waals surface area (Å²) in [6, 6.07) is 11.6. The highest BCUT2D eigenvalue weighted by molar-refractivity contribution is 7.91. The van der Waals surface area contributed by atoms with Crippen molar-refractivity contribution in [1.82, 2.24) is 4.31 Å². The van der Waals surface area contributed by atoms with E-state index in [4.69, 9.17) is 5.73 Å². The van der Waals surface area contributed by atoms with Gasteiger partial charge in [0.1, 0.15) is 4.21 Å². The van der Waals surface area contributed by atoms with Crippen LogP contribution in [0.3, 0.4) is 0 Å². The lowest BCUT2D eigenvalue weighted by Crippen LogP contribution is -2.32. The first-order valence-corrected chi connectivity index (χ1v) is 9.17. The molecule has 2 aromatic rings. The number of thiophene rings is 1. The maximum atomic E-state index is 12.7. The molecule has 2 heterocycles. The molecule has 2 atom stereocenters. The number of benzene rings is 1. The van der Waals surface area contributed by atoms with Gasteiger partial charge in [0.15, 0.2) is 0 Å². The van der Waals surface area contributed by atoms with Gasteiger partial charge in [0, 0.05) is 25.0 Å². The fraction of sp³-hybridized carbons (Fsp3) is 0.333. The number of rotatable bonds is 3. The highest BCUT2D eigenvalue weighted by atomic mass is 32.2. The van der Waals surface area contributed by atoms with Gasteiger partial charge in [-0.05, 0) is 29.5 Å². The molecule has 0 spiro atoms. The van der Waals surface area contributed by atoms with Crippen LogP contribution in [-0.2, 0) is 10.0 Å². The molecule has 1 aromatic carbocycles. The van der Waals surface area contributed by atoms with Crippen molar-refractivity contribution in [2.45, 2.75) is 23.1 Å². The molecule has 0 aliphatic carbocycles. The lowest BCUT2D eigenvalue weighted by molar-refractivity contribution is 0.471. The average molecular weight is 322 g/mol. The van der Waals surface area contributed by atoms with Crippen molar-refractivity contribution in [2.75, 3.05) is 13.1 Å². The summed E-state index contributed by atoms with van der Waals surface area (Å²) in [4.78, 5) is 0. The fourth-order valence-electron chi connectivity index (χ4n) is 2.78. The Labute approximate surface area is 129 Å². The molecule has 3 rings (SSSR count). The Kier molecular flexibility index (Phi) is 3.88. The zero-order valence-corrected chi connectivity index (χ0v) is 13.4. The molecule has 0 unspecified atom stereocenters. The van der Waals surface area contributed by atoms with Crippen LogP contribution in [0.2, 0.25) is 0 Å². The van der Waals surface area contributed by atoms with Crippen LogP contribution >= 0.6 is 11.3 Å². The summed E-state index contributed by atoms with van der Waals surface area (Å²) in [5.41, 5.74) is 8.09. The van der Waals surface area contributed by atoms with Gasteiger partial charge in [-0.15, -0.1) is 11.3 Å². The van der Waals surface area contributed by atoms with Gasteiger partial charge in [-0.3, -0.25) is 0 Å². The van der Waals surface area contributed by atoms with Crippen LogP contribution in [0.1, 0.15) is 17.0 Å². The van der Waals surface area contributed by atoms with E-state index in [0.717, 1.165) is 11.1 Å². The molecule has 21 heavy (non-hydrogen) atoms. The second-order valence-corrected chi connectivity index (χ2v) is 8.44. The third kappa shape index (κ3) is 2.64. The SMILES string of the molecule is Cc1ccsc1S(=O)(=O)N1C[C@@H](N)[C@H](c2ccccc2)C1. The van der Waals surface area contributed by atoms with Gasteiger partial charge >= 0.3 is 0 Å². The van der Waals surface area contributed by atoms with Crippen molar-refractivity contribution in [3.8, 4) is 0 Å². The molecule has 112 valence electrons. The number of nitrogens with zero attached hydrogens (tertiary/aromatic N) is 1. The summed E-state index contributed by atoms with van der Waals surface area (Å²) in [5, 5.41) is 1.81. The Morgan fingerprint density at radius 1 is 1.19 bits per heavy atom. The fourth-order valence-corrected chi connectivity index (χ4v) is 5.83. The number of hydrogen-bond acceptors (Lipinski definition) is 4. The minimum Gasteiger partial charge on any atom is -0.326 e. The number of aryl methyl sites for hydroxylation is 1. The maximum Gasteiger partial charge on any atom is 0.252 e. The van der Waals surface area contributed by atoms with Gasteiger partial charge in [-0.1, -0.05) is 30.3 Å². The smallest absolute Gasteiger partial charge is 0.252 e. The van der Waals surface area contributed by atoms with E-state index in [1.807, 2.05) is 48.7 Å². The Hall–Kier alpha value is -1.21. The molecular weight excluding hydrogens is 304 g/mol. The van der Waals surface area contributed by atoms with Crippen molar-refractivity contribution < 1.29 is 8.42 Å². The van der Waals surface area contributed by atoms with E-state index in [1.165, 1.54) is 15.6 Å². The first-order chi connectivity index (χ1) is 10.00. The molecule has 0 amide bonds. The predicted octanol–water partition coefficient (Wildman–Crippen LogP) is 2.17. The topological polar surface area (TPSA) is 63.4 Å². The van der Waals surface area contributed by atoms with Crippen LogP contribution in [0.15, 0.2) is 46.0 Å². The van der Waals surface area contributed by atoms with E-state index in [1.54, 1.807) is 0 Å². The minimum absolute atomic E-state index is 0.0567. The maximum absolute atomic E-state index is 12.7. The van der Waals surface area contributed by atoms with Gasteiger partial charge in [0.2, 0.25) is 0 Å². The Morgan fingerprint density at radius 3 is 2.52 bits per heavy atom. The zero-order valence-electron chi connectivity index (χ0n) is 11.8. The number of nitrogens with two attached hydrogens (primary N) is 1. The van der Waals surface area contributed by atoms with E-state index < -0.39 is 10.0 Å². The van der Waals surface area contributed by atoms with Crippen LogP contribution in [0, 0.1) is 6.92 Å². The van der Waals surface area contributed by atoms with Crippen LogP contribution in [0.25, 0.3) is 0 Å². The summed E-state index contributed by atoms with van der Waals surface area (Å²) in [7, 11) is -3.43. The lowest BCUT2D eigenvalue weighted by Gasteiger charge is -2.16. The zero-order chi connectivity index (χ0) is 15.0. The molecule has 2 N–H and O–H groups in total. The van der Waals surface area contributed by atoms with Crippen LogP contribution in [0.4, 0.5) is 0 Å². The van der Waals surface area contributed by atoms with Crippen molar-refractivity contribution in [3.05, 3.63) is 52.9 Å².